The van der Waals surface area contributed by atoms with Crippen molar-refractivity contribution in [3.8, 4) is 0 Å². The van der Waals surface area contributed by atoms with Crippen LogP contribution in [0.5, 0.6) is 0 Å². The van der Waals surface area contributed by atoms with Crippen LogP contribution < -0.4 is 0 Å². The summed E-state index contributed by atoms with van der Waals surface area (Å²) in [4.78, 5) is 59.1. The third-order valence-electron chi connectivity index (χ3n) is 26.3. The number of benzene rings is 3. The molecule has 0 aliphatic carbocycles. The van der Waals surface area contributed by atoms with E-state index in [1.54, 1.807) is 0 Å². The maximum absolute atomic E-state index is 15.3. The molecular formula is C110H186O15. The minimum atomic E-state index is -1.65. The van der Waals surface area contributed by atoms with Gasteiger partial charge in [0, 0.05) is 6.42 Å². The Morgan fingerprint density at radius 3 is 0.832 bits per heavy atom. The fourth-order valence-corrected chi connectivity index (χ4v) is 17.9. The highest BCUT2D eigenvalue weighted by Gasteiger charge is 2.56. The minimum absolute atomic E-state index is 0.0382. The summed E-state index contributed by atoms with van der Waals surface area (Å²) in [6.07, 6.45) is 60.7. The zero-order valence-corrected chi connectivity index (χ0v) is 80.9. The van der Waals surface area contributed by atoms with Gasteiger partial charge in [-0.3, -0.25) is 19.2 Å². The van der Waals surface area contributed by atoms with Crippen molar-refractivity contribution in [2.75, 3.05) is 13.2 Å². The van der Waals surface area contributed by atoms with Crippen molar-refractivity contribution in [2.45, 2.75) is 534 Å². The second-order valence-electron chi connectivity index (χ2n) is 37.9. The van der Waals surface area contributed by atoms with Crippen LogP contribution in [-0.4, -0.2) is 104 Å². The minimum Gasteiger partial charge on any atom is -0.463 e. The summed E-state index contributed by atoms with van der Waals surface area (Å²) in [7, 11) is 0. The lowest BCUT2D eigenvalue weighted by Crippen LogP contribution is -2.66. The lowest BCUT2D eigenvalue weighted by Gasteiger charge is -2.48. The molecule has 2 saturated heterocycles. The Hall–Kier alpha value is -4.74. The van der Waals surface area contributed by atoms with Crippen molar-refractivity contribution in [1.82, 2.24) is 0 Å². The maximum atomic E-state index is 15.3. The number of aliphatic hydroxyl groups is 1. The van der Waals surface area contributed by atoms with E-state index < -0.39 is 97.1 Å². The molecule has 0 radical (unpaired) electrons. The standard InChI is InChI=1S/C110H186O15/c1-8-12-16-20-24-28-32-36-39-41-45-47-51-55-59-66-76-91(5)106(113)119-89-97-101(116-86-94-79-69-63-70-80-94)103(118-88-96-83-73-65-74-84-96)100(112)109(121-97)125-110-105(123-99(111)85-75-62-58-54-50-43-35-31-27-23-19-15-11-4)104(124-108(115)93(7)78-68-61-57-53-49-44-38-34-30-26-22-18-14-10-3)102(117-87-95-81-71-64-72-82-95)98(122-110)90-120-107(114)92(6)77-67-60-56-52-48-46-42-40-37-33-29-25-21-17-13-9-2/h63-65,69-74,79-84,91-93,97-98,100-105,109-110,112H,8-62,66-68,75-78,85-90H2,1-7H3/t91-,92-,93-,97+,98+,100+,101+,102+,103+,104-,105+,109+,110+/m0/s1. The van der Waals surface area contributed by atoms with Crippen molar-refractivity contribution >= 4 is 23.9 Å². The first-order chi connectivity index (χ1) is 61.4. The Kier molecular flexibility index (Phi) is 67.2. The average Bonchev–Trinajstić information content (AvgIpc) is 0.771. The summed E-state index contributed by atoms with van der Waals surface area (Å²) >= 11 is 0. The van der Waals surface area contributed by atoms with Crippen LogP contribution in [0.3, 0.4) is 0 Å². The van der Waals surface area contributed by atoms with Gasteiger partial charge in [-0.1, -0.05) is 512 Å². The molecule has 2 fully saturated rings. The molecule has 0 aromatic heterocycles. The van der Waals surface area contributed by atoms with Gasteiger partial charge in [0.1, 0.15) is 49.8 Å². The fourth-order valence-electron chi connectivity index (χ4n) is 17.9. The Bertz CT molecular complexity index is 2970. The van der Waals surface area contributed by atoms with Crippen LogP contribution in [0.4, 0.5) is 0 Å². The molecule has 3 aromatic carbocycles. The smallest absolute Gasteiger partial charge is 0.309 e. The maximum Gasteiger partial charge on any atom is 0.309 e. The predicted molar refractivity (Wildman–Crippen MR) is 512 cm³/mol. The lowest BCUT2D eigenvalue weighted by atomic mass is 9.96. The summed E-state index contributed by atoms with van der Waals surface area (Å²) in [5, 5.41) is 13.2. The van der Waals surface area contributed by atoms with Gasteiger partial charge in [0.05, 0.1) is 37.6 Å². The number of carbonyl (C=O) groups excluding carboxylic acids is 4. The molecule has 0 spiro atoms. The van der Waals surface area contributed by atoms with E-state index in [1.807, 2.05) is 112 Å². The Morgan fingerprint density at radius 2 is 0.536 bits per heavy atom. The van der Waals surface area contributed by atoms with Crippen molar-refractivity contribution in [1.29, 1.82) is 0 Å². The normalized spacial score (nSPS) is 19.7. The first-order valence-electron chi connectivity index (χ1n) is 52.7. The monoisotopic (exact) mass is 1750 g/mol. The van der Waals surface area contributed by atoms with Crippen LogP contribution in [0.25, 0.3) is 0 Å². The first-order valence-corrected chi connectivity index (χ1v) is 52.7. The zero-order valence-electron chi connectivity index (χ0n) is 80.9. The molecule has 5 rings (SSSR count). The number of ether oxygens (including phenoxy) is 10. The van der Waals surface area contributed by atoms with E-state index in [0.717, 1.165) is 107 Å². The second-order valence-corrected chi connectivity index (χ2v) is 37.9. The quantitative estimate of drug-likeness (QED) is 0.0320. The lowest BCUT2D eigenvalue weighted by molar-refractivity contribution is -0.384. The molecule has 15 nitrogen and oxygen atoms in total. The van der Waals surface area contributed by atoms with Crippen molar-refractivity contribution in [3.05, 3.63) is 108 Å². The van der Waals surface area contributed by atoms with Gasteiger partial charge in [0.15, 0.2) is 18.5 Å². The Morgan fingerprint density at radius 1 is 0.288 bits per heavy atom. The largest absolute Gasteiger partial charge is 0.463 e. The Balaban J connectivity index is 1.44. The van der Waals surface area contributed by atoms with E-state index in [1.165, 1.54) is 283 Å². The average molecular weight is 1750 g/mol. The molecule has 2 heterocycles. The van der Waals surface area contributed by atoms with Gasteiger partial charge in [-0.15, -0.1) is 0 Å². The third kappa shape index (κ3) is 53.4. The number of carbonyl (C=O) groups is 4. The van der Waals surface area contributed by atoms with Gasteiger partial charge >= 0.3 is 23.9 Å². The molecule has 13 atom stereocenters. The van der Waals surface area contributed by atoms with Gasteiger partial charge in [-0.2, -0.15) is 0 Å². The van der Waals surface area contributed by atoms with Crippen LogP contribution >= 0.6 is 0 Å². The highest BCUT2D eigenvalue weighted by atomic mass is 16.8. The van der Waals surface area contributed by atoms with Gasteiger partial charge in [0.2, 0.25) is 6.29 Å². The van der Waals surface area contributed by atoms with Crippen molar-refractivity contribution < 1.29 is 71.7 Å². The van der Waals surface area contributed by atoms with E-state index in [4.69, 9.17) is 47.4 Å². The van der Waals surface area contributed by atoms with Crippen LogP contribution in [0.2, 0.25) is 0 Å². The number of hydrogen-bond donors (Lipinski definition) is 1. The van der Waals surface area contributed by atoms with Crippen LogP contribution in [0.15, 0.2) is 91.0 Å². The molecule has 0 bridgehead atoms. The van der Waals surface area contributed by atoms with Gasteiger partial charge < -0.3 is 52.5 Å². The zero-order chi connectivity index (χ0) is 89.3. The Labute approximate surface area is 764 Å². The van der Waals surface area contributed by atoms with E-state index in [2.05, 4.69) is 27.7 Å². The number of rotatable bonds is 83. The molecule has 1 N–H and O–H groups in total. The van der Waals surface area contributed by atoms with Gasteiger partial charge in [0.25, 0.3) is 0 Å². The molecule has 15 heteroatoms. The predicted octanol–water partition coefficient (Wildman–Crippen LogP) is 30.0. The molecule has 0 saturated carbocycles. The molecule has 3 aromatic rings. The molecule has 716 valence electrons. The number of unbranched alkanes of at least 4 members (excludes halogenated alkanes) is 55. The van der Waals surface area contributed by atoms with E-state index in [-0.39, 0.29) is 45.4 Å². The van der Waals surface area contributed by atoms with E-state index in [0.29, 0.717) is 25.7 Å². The fraction of sp³-hybridized carbons (Fsp3) is 0.800. The summed E-state index contributed by atoms with van der Waals surface area (Å²) in [5.74, 6) is -3.25. The molecule has 2 aliphatic heterocycles. The van der Waals surface area contributed by atoms with Crippen molar-refractivity contribution in [3.63, 3.8) is 0 Å². The van der Waals surface area contributed by atoms with E-state index in [9.17, 15) is 19.5 Å². The molecular weight excluding hydrogens is 1560 g/mol. The third-order valence-corrected chi connectivity index (χ3v) is 26.3. The first kappa shape index (κ1) is 111. The van der Waals surface area contributed by atoms with Gasteiger partial charge in [-0.05, 0) is 42.4 Å². The van der Waals surface area contributed by atoms with E-state index >= 15 is 4.79 Å². The van der Waals surface area contributed by atoms with Gasteiger partial charge in [-0.25, -0.2) is 0 Å². The molecule has 125 heavy (non-hydrogen) atoms. The topological polar surface area (TPSA) is 181 Å². The van der Waals surface area contributed by atoms with Crippen LogP contribution in [-0.2, 0) is 86.4 Å². The van der Waals surface area contributed by atoms with Crippen LogP contribution in [0.1, 0.15) is 470 Å². The summed E-state index contributed by atoms with van der Waals surface area (Å²) in [5.41, 5.74) is 2.53. The summed E-state index contributed by atoms with van der Waals surface area (Å²) < 4.78 is 68.3. The number of esters is 4. The number of hydrogen-bond acceptors (Lipinski definition) is 15. The summed E-state index contributed by atoms with van der Waals surface area (Å²) in [6, 6.07) is 29.1. The SMILES string of the molecule is CCCCCCCCCCCCCCCCCC[C@H](C)C(=O)OC[C@H]1O[C@H](O[C@H]2O[C@H](COC(=O)[C@@H](C)CCCCCCCCCCCCCCCCCC)[C@@H](OCc3ccccc3)[C@H](OCc3ccccc3)[C@H]2O)[C@H](OC(=O)CCCCCCCCCCCCCCC)[C@@H](OC(=O)[C@@H](C)CCCCCCCCCCCCCCCC)[C@@H]1OCc1ccccc1. The highest BCUT2D eigenvalue weighted by molar-refractivity contribution is 5.73. The molecule has 0 unspecified atom stereocenters. The summed E-state index contributed by atoms with van der Waals surface area (Å²) in [6.45, 7) is 14.4. The second kappa shape index (κ2) is 75.9. The molecule has 2 aliphatic rings. The molecule has 0 amide bonds. The van der Waals surface area contributed by atoms with Crippen LogP contribution in [0, 0.1) is 17.8 Å². The number of aliphatic hydroxyl groups excluding tert-OH is 1. The van der Waals surface area contributed by atoms with Crippen molar-refractivity contribution in [2.24, 2.45) is 17.8 Å². The highest BCUT2D eigenvalue weighted by Crippen LogP contribution is 2.37.